The van der Waals surface area contributed by atoms with Gasteiger partial charge in [0.05, 0.1) is 11.6 Å². The van der Waals surface area contributed by atoms with Crippen molar-refractivity contribution in [2.75, 3.05) is 6.54 Å². The lowest BCUT2D eigenvalue weighted by Gasteiger charge is -2.25. The number of Topliss-reactive ketones (excluding diaryl/α,β-unsaturated/α-hetero) is 1. The molecular weight excluding hydrogens is 410 g/mol. The van der Waals surface area contributed by atoms with Crippen LogP contribution in [-0.4, -0.2) is 28.2 Å². The second-order valence-electron chi connectivity index (χ2n) is 7.81. The number of likely N-dealkylation sites (tertiary alicyclic amines) is 1. The quantitative estimate of drug-likeness (QED) is 0.221. The summed E-state index contributed by atoms with van der Waals surface area (Å²) in [6, 6.07) is 19.8. The molecule has 1 aliphatic heterocycles. The van der Waals surface area contributed by atoms with E-state index in [0.29, 0.717) is 17.1 Å². The van der Waals surface area contributed by atoms with E-state index in [2.05, 4.69) is 6.92 Å². The number of halogens is 1. The Hall–Kier alpha value is -3.11. The molecule has 3 aromatic rings. The first-order valence-corrected chi connectivity index (χ1v) is 10.9. The van der Waals surface area contributed by atoms with Gasteiger partial charge >= 0.3 is 0 Å². The zero-order chi connectivity index (χ0) is 22.0. The molecule has 1 saturated heterocycles. The van der Waals surface area contributed by atoms with Crippen LogP contribution in [0, 0.1) is 0 Å². The third kappa shape index (κ3) is 4.08. The van der Waals surface area contributed by atoms with Crippen molar-refractivity contribution >= 4 is 39.8 Å². The zero-order valence-electron chi connectivity index (χ0n) is 17.3. The van der Waals surface area contributed by atoms with Crippen molar-refractivity contribution in [3.63, 3.8) is 0 Å². The minimum atomic E-state index is -0.651. The highest BCUT2D eigenvalue weighted by molar-refractivity contribution is 6.46. The molecule has 3 aromatic carbocycles. The van der Waals surface area contributed by atoms with Gasteiger partial charge < -0.3 is 10.0 Å². The average Bonchev–Trinajstić information content (AvgIpc) is 3.04. The molecule has 4 nitrogen and oxygen atoms in total. The van der Waals surface area contributed by atoms with E-state index in [1.54, 1.807) is 35.2 Å². The van der Waals surface area contributed by atoms with Crippen LogP contribution in [0.4, 0.5) is 0 Å². The van der Waals surface area contributed by atoms with E-state index in [1.807, 2.05) is 36.4 Å². The number of aliphatic hydroxyl groups is 1. The molecule has 1 N–H and O–H groups in total. The SMILES string of the molecule is CCCCCN1C(=O)C(=O)/C(=C(\O)c2ccc3ccccc3c2)C1c1ccc(Cl)cc1. The Kier molecular flexibility index (Phi) is 6.10. The van der Waals surface area contributed by atoms with Crippen molar-refractivity contribution < 1.29 is 14.7 Å². The number of nitrogens with zero attached hydrogens (tertiary/aromatic N) is 1. The molecule has 1 unspecified atom stereocenters. The summed E-state index contributed by atoms with van der Waals surface area (Å²) < 4.78 is 0. The molecule has 31 heavy (non-hydrogen) atoms. The lowest BCUT2D eigenvalue weighted by atomic mass is 9.94. The molecule has 1 atom stereocenters. The van der Waals surface area contributed by atoms with Gasteiger partial charge in [-0.1, -0.05) is 79.9 Å². The van der Waals surface area contributed by atoms with Crippen LogP contribution in [0.5, 0.6) is 0 Å². The second kappa shape index (κ2) is 8.94. The van der Waals surface area contributed by atoms with Crippen molar-refractivity contribution in [3.05, 3.63) is 88.5 Å². The van der Waals surface area contributed by atoms with E-state index in [4.69, 9.17) is 11.6 Å². The molecule has 5 heteroatoms. The van der Waals surface area contributed by atoms with Crippen LogP contribution in [0.3, 0.4) is 0 Å². The highest BCUT2D eigenvalue weighted by atomic mass is 35.5. The minimum absolute atomic E-state index is 0.124. The number of ketones is 1. The molecule has 0 saturated carbocycles. The van der Waals surface area contributed by atoms with Crippen molar-refractivity contribution in [1.82, 2.24) is 4.90 Å². The molecule has 1 amide bonds. The maximum absolute atomic E-state index is 13.0. The molecular formula is C26H24ClNO3. The van der Waals surface area contributed by atoms with Gasteiger partial charge in [-0.05, 0) is 41.0 Å². The monoisotopic (exact) mass is 433 g/mol. The molecule has 1 fully saturated rings. The number of hydrogen-bond acceptors (Lipinski definition) is 3. The van der Waals surface area contributed by atoms with E-state index < -0.39 is 17.7 Å². The van der Waals surface area contributed by atoms with Crippen LogP contribution in [-0.2, 0) is 9.59 Å². The third-order valence-corrected chi connectivity index (χ3v) is 6.00. The summed E-state index contributed by atoms with van der Waals surface area (Å²) in [5.74, 6) is -1.37. The Morgan fingerprint density at radius 2 is 1.68 bits per heavy atom. The molecule has 158 valence electrons. The lowest BCUT2D eigenvalue weighted by molar-refractivity contribution is -0.139. The number of carbonyl (C=O) groups excluding carboxylic acids is 2. The fourth-order valence-corrected chi connectivity index (χ4v) is 4.25. The van der Waals surface area contributed by atoms with E-state index >= 15 is 0 Å². The predicted octanol–water partition coefficient (Wildman–Crippen LogP) is 6.11. The van der Waals surface area contributed by atoms with E-state index in [-0.39, 0.29) is 11.3 Å². The summed E-state index contributed by atoms with van der Waals surface area (Å²) in [6.45, 7) is 2.55. The smallest absolute Gasteiger partial charge is 0.295 e. The molecule has 0 aromatic heterocycles. The summed E-state index contributed by atoms with van der Waals surface area (Å²) in [4.78, 5) is 27.5. The maximum Gasteiger partial charge on any atom is 0.295 e. The third-order valence-electron chi connectivity index (χ3n) is 5.75. The van der Waals surface area contributed by atoms with E-state index in [0.717, 1.165) is 35.6 Å². The van der Waals surface area contributed by atoms with Gasteiger partial charge in [-0.3, -0.25) is 9.59 Å². The normalized spacial score (nSPS) is 18.1. The minimum Gasteiger partial charge on any atom is -0.507 e. The van der Waals surface area contributed by atoms with Gasteiger partial charge in [0.1, 0.15) is 5.76 Å². The first-order chi connectivity index (χ1) is 15.0. The number of rotatable bonds is 6. The van der Waals surface area contributed by atoms with Crippen LogP contribution in [0.25, 0.3) is 16.5 Å². The molecule has 0 radical (unpaired) electrons. The Balaban J connectivity index is 1.84. The molecule has 0 spiro atoms. The van der Waals surface area contributed by atoms with Gasteiger partial charge in [-0.15, -0.1) is 0 Å². The van der Waals surface area contributed by atoms with Gasteiger partial charge in [0.15, 0.2) is 0 Å². The fraction of sp³-hybridized carbons (Fsp3) is 0.231. The standard InChI is InChI=1S/C26H24ClNO3/c1-2-3-6-15-28-23(18-11-13-21(27)14-12-18)22(25(30)26(28)31)24(29)20-10-9-17-7-4-5-8-19(17)16-20/h4-5,7-14,16,23,29H,2-3,6,15H2,1H3/b24-22-. The highest BCUT2D eigenvalue weighted by Gasteiger charge is 2.45. The lowest BCUT2D eigenvalue weighted by Crippen LogP contribution is -2.30. The second-order valence-corrected chi connectivity index (χ2v) is 8.25. The number of hydrogen-bond donors (Lipinski definition) is 1. The molecule has 4 rings (SSSR count). The van der Waals surface area contributed by atoms with Crippen LogP contribution >= 0.6 is 11.6 Å². The van der Waals surface area contributed by atoms with E-state index in [1.165, 1.54) is 0 Å². The molecule has 1 aliphatic rings. The van der Waals surface area contributed by atoms with Gasteiger partial charge in [0, 0.05) is 17.1 Å². The number of carbonyl (C=O) groups is 2. The van der Waals surface area contributed by atoms with Gasteiger partial charge in [-0.2, -0.15) is 0 Å². The zero-order valence-corrected chi connectivity index (χ0v) is 18.1. The van der Waals surface area contributed by atoms with Crippen LogP contribution in [0.1, 0.15) is 43.4 Å². The molecule has 1 heterocycles. The number of benzene rings is 3. The average molecular weight is 434 g/mol. The van der Waals surface area contributed by atoms with Crippen LogP contribution in [0.15, 0.2) is 72.3 Å². The number of fused-ring (bicyclic) bond motifs is 1. The summed E-state index contributed by atoms with van der Waals surface area (Å²) >= 11 is 6.06. The summed E-state index contributed by atoms with van der Waals surface area (Å²) in [6.07, 6.45) is 2.76. The largest absolute Gasteiger partial charge is 0.507 e. The summed E-state index contributed by atoms with van der Waals surface area (Å²) in [5.41, 5.74) is 1.39. The van der Waals surface area contributed by atoms with Crippen molar-refractivity contribution in [3.8, 4) is 0 Å². The first-order valence-electron chi connectivity index (χ1n) is 10.5. The van der Waals surface area contributed by atoms with Gasteiger partial charge in [0.25, 0.3) is 11.7 Å². The van der Waals surface area contributed by atoms with Gasteiger partial charge in [0.2, 0.25) is 0 Å². The van der Waals surface area contributed by atoms with Crippen LogP contribution < -0.4 is 0 Å². The van der Waals surface area contributed by atoms with Crippen molar-refractivity contribution in [2.24, 2.45) is 0 Å². The Labute approximate surface area is 186 Å². The van der Waals surface area contributed by atoms with Gasteiger partial charge in [-0.25, -0.2) is 0 Å². The first kappa shape index (κ1) is 21.1. The predicted molar refractivity (Wildman–Crippen MR) is 124 cm³/mol. The Bertz CT molecular complexity index is 1170. The van der Waals surface area contributed by atoms with Crippen molar-refractivity contribution in [2.45, 2.75) is 32.2 Å². The van der Waals surface area contributed by atoms with Crippen molar-refractivity contribution in [1.29, 1.82) is 0 Å². The number of amides is 1. The topological polar surface area (TPSA) is 57.6 Å². The van der Waals surface area contributed by atoms with E-state index in [9.17, 15) is 14.7 Å². The maximum atomic E-state index is 13.0. The molecule has 0 bridgehead atoms. The Morgan fingerprint density at radius 3 is 2.39 bits per heavy atom. The summed E-state index contributed by atoms with van der Waals surface area (Å²) in [5, 5.41) is 13.8. The van der Waals surface area contributed by atoms with Crippen LogP contribution in [0.2, 0.25) is 5.02 Å². The number of aliphatic hydroxyl groups excluding tert-OH is 1. The number of unbranched alkanes of at least 4 members (excludes halogenated alkanes) is 2. The fourth-order valence-electron chi connectivity index (χ4n) is 4.13. The molecule has 0 aliphatic carbocycles. The highest BCUT2D eigenvalue weighted by Crippen LogP contribution is 2.40. The summed E-state index contributed by atoms with van der Waals surface area (Å²) in [7, 11) is 0. The Morgan fingerprint density at radius 1 is 0.968 bits per heavy atom.